The minimum Gasteiger partial charge on any atom is -0.354 e. The fourth-order valence-electron chi connectivity index (χ4n) is 2.39. The molecule has 2 N–H and O–H groups in total. The Morgan fingerprint density at radius 3 is 2.95 bits per heavy atom. The van der Waals surface area contributed by atoms with Gasteiger partial charge in [-0.2, -0.15) is 0 Å². The minimum absolute atomic E-state index is 0.127. The second kappa shape index (κ2) is 5.31. The van der Waals surface area contributed by atoms with Gasteiger partial charge in [0.15, 0.2) is 5.13 Å². The zero-order chi connectivity index (χ0) is 14.3. The summed E-state index contributed by atoms with van der Waals surface area (Å²) in [6.45, 7) is 2.27. The number of nitrogens with zero attached hydrogens (tertiary/aromatic N) is 3. The molecule has 1 fully saturated rings. The Balaban J connectivity index is 1.80. The molecule has 0 radical (unpaired) electrons. The Bertz CT molecular complexity index is 602. The van der Waals surface area contributed by atoms with Crippen LogP contribution in [0, 0.1) is 5.92 Å². The number of hydrogen-bond donors (Lipinski definition) is 1. The van der Waals surface area contributed by atoms with E-state index < -0.39 is 0 Å². The van der Waals surface area contributed by atoms with Crippen LogP contribution in [0.15, 0.2) is 6.07 Å². The number of likely N-dealkylation sites (tertiary alicyclic amines) is 1. The van der Waals surface area contributed by atoms with Crippen LogP contribution in [0.4, 0.5) is 5.13 Å². The van der Waals surface area contributed by atoms with Crippen molar-refractivity contribution >= 4 is 43.2 Å². The van der Waals surface area contributed by atoms with Crippen molar-refractivity contribution in [3.05, 3.63) is 10.9 Å². The quantitative estimate of drug-likeness (QED) is 0.940. The van der Waals surface area contributed by atoms with Gasteiger partial charge in [-0.15, -0.1) is 11.3 Å². The van der Waals surface area contributed by atoms with Crippen LogP contribution in [0.25, 0.3) is 9.53 Å². The first-order valence-corrected chi connectivity index (χ1v) is 8.29. The average Bonchev–Trinajstić information content (AvgIpc) is 3.11. The van der Waals surface area contributed by atoms with Gasteiger partial charge in [0.2, 0.25) is 0 Å². The van der Waals surface area contributed by atoms with Crippen LogP contribution in [-0.4, -0.2) is 49.5 Å². The molecule has 3 rings (SSSR count). The minimum atomic E-state index is 0.127. The zero-order valence-electron chi connectivity index (χ0n) is 11.6. The number of thiophene rings is 1. The molecule has 1 saturated heterocycles. The van der Waals surface area contributed by atoms with Crippen molar-refractivity contribution in [2.45, 2.75) is 6.42 Å². The molecular formula is C13H18N4OS2. The highest BCUT2D eigenvalue weighted by Gasteiger charge is 2.27. The molecule has 3 heterocycles. The molecular weight excluding hydrogens is 292 g/mol. The van der Waals surface area contributed by atoms with E-state index in [-0.39, 0.29) is 5.91 Å². The van der Waals surface area contributed by atoms with Gasteiger partial charge in [0.25, 0.3) is 5.91 Å². The van der Waals surface area contributed by atoms with E-state index in [2.05, 4.69) is 4.98 Å². The lowest BCUT2D eigenvalue weighted by molar-refractivity contribution is 0.0792. The summed E-state index contributed by atoms with van der Waals surface area (Å²) in [6.07, 6.45) is 1.02. The molecule has 7 heteroatoms. The summed E-state index contributed by atoms with van der Waals surface area (Å²) in [5, 5.41) is 0.981. The third-order valence-corrected chi connectivity index (χ3v) is 5.89. The van der Waals surface area contributed by atoms with Gasteiger partial charge in [0, 0.05) is 27.2 Å². The predicted molar refractivity (Wildman–Crippen MR) is 84.9 cm³/mol. The SMILES string of the molecule is CN(C)c1nc2sc(C(=O)N3CCC(CN)C3)cc2s1. The van der Waals surface area contributed by atoms with Crippen LogP contribution in [0.5, 0.6) is 0 Å². The first kappa shape index (κ1) is 13.8. The number of hydrogen-bond acceptors (Lipinski definition) is 6. The molecule has 20 heavy (non-hydrogen) atoms. The molecule has 0 bridgehead atoms. The van der Waals surface area contributed by atoms with Gasteiger partial charge < -0.3 is 15.5 Å². The van der Waals surface area contributed by atoms with Gasteiger partial charge in [0.1, 0.15) is 4.83 Å². The lowest BCUT2D eigenvalue weighted by Crippen LogP contribution is -2.29. The van der Waals surface area contributed by atoms with Gasteiger partial charge in [-0.25, -0.2) is 4.98 Å². The van der Waals surface area contributed by atoms with Crippen LogP contribution in [-0.2, 0) is 0 Å². The van der Waals surface area contributed by atoms with E-state index in [9.17, 15) is 4.79 Å². The second-order valence-corrected chi connectivity index (χ2v) is 7.35. The molecule has 0 aliphatic carbocycles. The number of aromatic nitrogens is 1. The van der Waals surface area contributed by atoms with Gasteiger partial charge in [-0.1, -0.05) is 11.3 Å². The highest BCUT2D eigenvalue weighted by atomic mass is 32.1. The average molecular weight is 310 g/mol. The lowest BCUT2D eigenvalue weighted by Gasteiger charge is -2.14. The summed E-state index contributed by atoms with van der Waals surface area (Å²) in [4.78, 5) is 22.7. The Kier molecular flexibility index (Phi) is 3.66. The van der Waals surface area contributed by atoms with Gasteiger partial charge >= 0.3 is 0 Å². The van der Waals surface area contributed by atoms with Crippen LogP contribution in [0.2, 0.25) is 0 Å². The largest absolute Gasteiger partial charge is 0.354 e. The van der Waals surface area contributed by atoms with E-state index in [1.807, 2.05) is 30.0 Å². The van der Waals surface area contributed by atoms with Crippen LogP contribution in [0.1, 0.15) is 16.1 Å². The number of anilines is 1. The summed E-state index contributed by atoms with van der Waals surface area (Å²) in [5.41, 5.74) is 5.68. The molecule has 0 saturated carbocycles. The molecule has 108 valence electrons. The summed E-state index contributed by atoms with van der Waals surface area (Å²) in [5.74, 6) is 0.584. The molecule has 2 aromatic heterocycles. The highest BCUT2D eigenvalue weighted by Crippen LogP contribution is 2.34. The van der Waals surface area contributed by atoms with E-state index in [0.29, 0.717) is 12.5 Å². The highest BCUT2D eigenvalue weighted by molar-refractivity contribution is 7.29. The molecule has 1 atom stereocenters. The van der Waals surface area contributed by atoms with E-state index >= 15 is 0 Å². The summed E-state index contributed by atoms with van der Waals surface area (Å²) in [7, 11) is 3.96. The first-order chi connectivity index (χ1) is 9.58. The van der Waals surface area contributed by atoms with Gasteiger partial charge in [0.05, 0.1) is 9.58 Å². The van der Waals surface area contributed by atoms with E-state index in [1.165, 1.54) is 11.3 Å². The van der Waals surface area contributed by atoms with Crippen molar-refractivity contribution in [2.75, 3.05) is 38.6 Å². The van der Waals surface area contributed by atoms with Crippen molar-refractivity contribution in [1.29, 1.82) is 0 Å². The Morgan fingerprint density at radius 1 is 1.55 bits per heavy atom. The topological polar surface area (TPSA) is 62.5 Å². The standard InChI is InChI=1S/C13H18N4OS2/c1-16(2)13-15-11-9(20-13)5-10(19-11)12(18)17-4-3-8(6-14)7-17/h5,8H,3-4,6-7,14H2,1-2H3. The fourth-order valence-corrected chi connectivity index (χ4v) is 4.49. The molecule has 1 aliphatic heterocycles. The number of carbonyl (C=O) groups is 1. The molecule has 5 nitrogen and oxygen atoms in total. The van der Waals surface area contributed by atoms with Crippen molar-refractivity contribution in [3.63, 3.8) is 0 Å². The van der Waals surface area contributed by atoms with Crippen LogP contribution >= 0.6 is 22.7 Å². The lowest BCUT2D eigenvalue weighted by atomic mass is 10.1. The van der Waals surface area contributed by atoms with Gasteiger partial charge in [-0.05, 0) is 24.9 Å². The molecule has 0 spiro atoms. The molecule has 0 aromatic carbocycles. The molecule has 1 aliphatic rings. The number of nitrogens with two attached hydrogens (primary N) is 1. The number of thiazole rings is 1. The van der Waals surface area contributed by atoms with Gasteiger partial charge in [-0.3, -0.25) is 4.79 Å². The maximum absolute atomic E-state index is 12.5. The first-order valence-electron chi connectivity index (χ1n) is 6.65. The van der Waals surface area contributed by atoms with Crippen LogP contribution < -0.4 is 10.6 Å². The maximum Gasteiger partial charge on any atom is 0.264 e. The molecule has 1 unspecified atom stereocenters. The zero-order valence-corrected chi connectivity index (χ0v) is 13.3. The maximum atomic E-state index is 12.5. The smallest absolute Gasteiger partial charge is 0.264 e. The van der Waals surface area contributed by atoms with E-state index in [1.54, 1.807) is 11.3 Å². The molecule has 1 amide bonds. The number of amides is 1. The number of carbonyl (C=O) groups excluding carboxylic acids is 1. The van der Waals surface area contributed by atoms with Crippen molar-refractivity contribution in [3.8, 4) is 0 Å². The summed E-state index contributed by atoms with van der Waals surface area (Å²) < 4.78 is 1.09. The van der Waals surface area contributed by atoms with Crippen LogP contribution in [0.3, 0.4) is 0 Å². The second-order valence-electron chi connectivity index (χ2n) is 5.31. The Labute approximate surface area is 126 Å². The van der Waals surface area contributed by atoms with E-state index in [0.717, 1.165) is 39.0 Å². The molecule has 2 aromatic rings. The third kappa shape index (κ3) is 2.41. The predicted octanol–water partition coefficient (Wildman–Crippen LogP) is 1.84. The number of fused-ring (bicyclic) bond motifs is 1. The van der Waals surface area contributed by atoms with Crippen molar-refractivity contribution in [2.24, 2.45) is 11.7 Å². The van der Waals surface area contributed by atoms with Crippen molar-refractivity contribution in [1.82, 2.24) is 9.88 Å². The fraction of sp³-hybridized carbons (Fsp3) is 0.538. The normalized spacial score (nSPS) is 18.9. The monoisotopic (exact) mass is 310 g/mol. The summed E-state index contributed by atoms with van der Waals surface area (Å²) >= 11 is 3.12. The Morgan fingerprint density at radius 2 is 2.35 bits per heavy atom. The number of rotatable bonds is 3. The third-order valence-electron chi connectivity index (χ3n) is 3.58. The summed E-state index contributed by atoms with van der Waals surface area (Å²) in [6, 6.07) is 1.97. The Hall–Kier alpha value is -1.18. The van der Waals surface area contributed by atoms with Crippen molar-refractivity contribution < 1.29 is 4.79 Å². The van der Waals surface area contributed by atoms with E-state index in [4.69, 9.17) is 5.73 Å².